The van der Waals surface area contributed by atoms with Gasteiger partial charge in [0.25, 0.3) is 0 Å². The first kappa shape index (κ1) is 13.6. The summed E-state index contributed by atoms with van der Waals surface area (Å²) in [6.45, 7) is 3.56. The van der Waals surface area contributed by atoms with Crippen molar-refractivity contribution in [1.82, 2.24) is 4.72 Å². The second-order valence-electron chi connectivity index (χ2n) is 4.98. The third-order valence-corrected chi connectivity index (χ3v) is 5.08. The van der Waals surface area contributed by atoms with Crippen molar-refractivity contribution < 1.29 is 8.42 Å². The Bertz CT molecular complexity index is 523. The molecule has 0 bridgehead atoms. The maximum Gasteiger partial charge on any atom is 0.211 e. The molecule has 0 aromatic heterocycles. The fraction of sp³-hybridized carbons (Fsp3) is 0.571. The van der Waals surface area contributed by atoms with Crippen molar-refractivity contribution in [2.45, 2.75) is 45.6 Å². The quantitative estimate of drug-likeness (QED) is 0.911. The summed E-state index contributed by atoms with van der Waals surface area (Å²) >= 11 is 0. The highest BCUT2D eigenvalue weighted by atomic mass is 32.2. The third kappa shape index (κ3) is 3.12. The van der Waals surface area contributed by atoms with Crippen LogP contribution >= 0.6 is 0 Å². The van der Waals surface area contributed by atoms with E-state index in [9.17, 15) is 8.42 Å². The summed E-state index contributed by atoms with van der Waals surface area (Å²) in [7, 11) is -3.14. The van der Waals surface area contributed by atoms with Crippen LogP contribution in [0.5, 0.6) is 0 Å². The molecule has 1 N–H and O–H groups in total. The standard InChI is InChI=1S/C14H21NO2S/c1-3-18(16,17)15-11(2)13-9-8-12-6-4-5-7-14(12)10-13/h8-11,15H,3-7H2,1-2H3. The molecule has 0 saturated heterocycles. The Kier molecular flexibility index (Phi) is 4.07. The van der Waals surface area contributed by atoms with Gasteiger partial charge in [0, 0.05) is 6.04 Å². The lowest BCUT2D eigenvalue weighted by atomic mass is 9.89. The molecule has 1 aliphatic rings. The molecule has 1 aliphatic carbocycles. The molecule has 18 heavy (non-hydrogen) atoms. The number of hydrogen-bond acceptors (Lipinski definition) is 2. The van der Waals surface area contributed by atoms with Gasteiger partial charge >= 0.3 is 0 Å². The topological polar surface area (TPSA) is 46.2 Å². The minimum atomic E-state index is -3.14. The van der Waals surface area contributed by atoms with Crippen molar-refractivity contribution in [3.05, 3.63) is 34.9 Å². The number of benzene rings is 1. The monoisotopic (exact) mass is 267 g/mol. The molecule has 1 atom stereocenters. The van der Waals surface area contributed by atoms with Crippen LogP contribution in [0.25, 0.3) is 0 Å². The average molecular weight is 267 g/mol. The Morgan fingerprint density at radius 2 is 1.89 bits per heavy atom. The number of rotatable bonds is 4. The van der Waals surface area contributed by atoms with E-state index in [2.05, 4.69) is 16.9 Å². The second-order valence-corrected chi connectivity index (χ2v) is 7.02. The van der Waals surface area contributed by atoms with Gasteiger partial charge in [-0.3, -0.25) is 0 Å². The molecule has 0 saturated carbocycles. The van der Waals surface area contributed by atoms with E-state index in [0.717, 1.165) is 18.4 Å². The van der Waals surface area contributed by atoms with Gasteiger partial charge in [0.1, 0.15) is 0 Å². The van der Waals surface area contributed by atoms with Gasteiger partial charge in [-0.1, -0.05) is 18.2 Å². The van der Waals surface area contributed by atoms with Gasteiger partial charge in [-0.2, -0.15) is 0 Å². The molecule has 0 spiro atoms. The summed E-state index contributed by atoms with van der Waals surface area (Å²) in [5.74, 6) is 0.127. The van der Waals surface area contributed by atoms with Gasteiger partial charge < -0.3 is 0 Å². The molecular formula is C14H21NO2S. The normalized spacial score (nSPS) is 17.2. The summed E-state index contributed by atoms with van der Waals surface area (Å²) in [5.41, 5.74) is 3.88. The van der Waals surface area contributed by atoms with Crippen LogP contribution < -0.4 is 4.72 Å². The minimum Gasteiger partial charge on any atom is -0.212 e. The van der Waals surface area contributed by atoms with Crippen molar-refractivity contribution in [2.75, 3.05) is 5.75 Å². The highest BCUT2D eigenvalue weighted by Crippen LogP contribution is 2.24. The van der Waals surface area contributed by atoms with E-state index < -0.39 is 10.0 Å². The van der Waals surface area contributed by atoms with Crippen LogP contribution in [0.1, 0.15) is 49.4 Å². The maximum absolute atomic E-state index is 11.6. The molecule has 1 aromatic carbocycles. The highest BCUT2D eigenvalue weighted by Gasteiger charge is 2.16. The lowest BCUT2D eigenvalue weighted by Gasteiger charge is -2.19. The van der Waals surface area contributed by atoms with Crippen molar-refractivity contribution in [3.8, 4) is 0 Å². The summed E-state index contributed by atoms with van der Waals surface area (Å²) in [6, 6.07) is 6.22. The van der Waals surface area contributed by atoms with Crippen molar-refractivity contribution in [1.29, 1.82) is 0 Å². The van der Waals surface area contributed by atoms with Crippen molar-refractivity contribution >= 4 is 10.0 Å². The van der Waals surface area contributed by atoms with E-state index in [1.165, 1.54) is 24.0 Å². The van der Waals surface area contributed by atoms with Crippen molar-refractivity contribution in [2.24, 2.45) is 0 Å². The van der Waals surface area contributed by atoms with E-state index in [1.54, 1.807) is 6.92 Å². The molecule has 4 heteroatoms. The number of nitrogens with one attached hydrogen (secondary N) is 1. The second kappa shape index (κ2) is 5.41. The summed E-state index contributed by atoms with van der Waals surface area (Å²) in [6.07, 6.45) is 4.79. The smallest absolute Gasteiger partial charge is 0.211 e. The Balaban J connectivity index is 2.18. The van der Waals surface area contributed by atoms with E-state index in [-0.39, 0.29) is 11.8 Å². The van der Waals surface area contributed by atoms with E-state index in [1.807, 2.05) is 13.0 Å². The van der Waals surface area contributed by atoms with Crippen molar-refractivity contribution in [3.63, 3.8) is 0 Å². The molecule has 100 valence electrons. The summed E-state index contributed by atoms with van der Waals surface area (Å²) < 4.78 is 25.8. The van der Waals surface area contributed by atoms with Crippen LogP contribution in [0.3, 0.4) is 0 Å². The van der Waals surface area contributed by atoms with Crippen LogP contribution in [0.2, 0.25) is 0 Å². The van der Waals surface area contributed by atoms with Gasteiger partial charge in [0.15, 0.2) is 0 Å². The zero-order chi connectivity index (χ0) is 13.2. The Labute approximate surface area is 110 Å². The van der Waals surface area contributed by atoms with Gasteiger partial charge in [0.05, 0.1) is 5.75 Å². The molecule has 0 radical (unpaired) electrons. The average Bonchev–Trinajstić information content (AvgIpc) is 2.37. The lowest BCUT2D eigenvalue weighted by molar-refractivity contribution is 0.568. The SMILES string of the molecule is CCS(=O)(=O)NC(C)c1ccc2c(c1)CCCC2. The first-order valence-electron chi connectivity index (χ1n) is 6.63. The largest absolute Gasteiger partial charge is 0.212 e. The Morgan fingerprint density at radius 1 is 1.22 bits per heavy atom. The van der Waals surface area contributed by atoms with Gasteiger partial charge in [0.2, 0.25) is 10.0 Å². The predicted molar refractivity (Wildman–Crippen MR) is 74.1 cm³/mol. The van der Waals surface area contributed by atoms with Gasteiger partial charge in [-0.25, -0.2) is 13.1 Å². The number of fused-ring (bicyclic) bond motifs is 1. The fourth-order valence-electron chi connectivity index (χ4n) is 2.44. The zero-order valence-electron chi connectivity index (χ0n) is 11.1. The first-order chi connectivity index (χ1) is 8.52. The van der Waals surface area contributed by atoms with E-state index in [4.69, 9.17) is 0 Å². The van der Waals surface area contributed by atoms with Crippen LogP contribution in [0, 0.1) is 0 Å². The molecule has 0 aliphatic heterocycles. The van der Waals surface area contributed by atoms with Crippen LogP contribution in [0.15, 0.2) is 18.2 Å². The third-order valence-electron chi connectivity index (χ3n) is 3.61. The number of aryl methyl sites for hydroxylation is 2. The number of hydrogen-bond donors (Lipinski definition) is 1. The van der Waals surface area contributed by atoms with E-state index >= 15 is 0 Å². The number of sulfonamides is 1. The molecule has 0 amide bonds. The minimum absolute atomic E-state index is 0.127. The molecule has 3 nitrogen and oxygen atoms in total. The Morgan fingerprint density at radius 3 is 2.56 bits per heavy atom. The van der Waals surface area contributed by atoms with Crippen LogP contribution in [-0.2, 0) is 22.9 Å². The maximum atomic E-state index is 11.6. The predicted octanol–water partition coefficient (Wildman–Crippen LogP) is 2.57. The van der Waals surface area contributed by atoms with Crippen LogP contribution in [0.4, 0.5) is 0 Å². The molecular weight excluding hydrogens is 246 g/mol. The molecule has 0 fully saturated rings. The molecule has 1 aromatic rings. The van der Waals surface area contributed by atoms with E-state index in [0.29, 0.717) is 0 Å². The van der Waals surface area contributed by atoms with Gasteiger partial charge in [-0.15, -0.1) is 0 Å². The first-order valence-corrected chi connectivity index (χ1v) is 8.29. The lowest BCUT2D eigenvalue weighted by Crippen LogP contribution is -2.28. The highest BCUT2D eigenvalue weighted by molar-refractivity contribution is 7.89. The molecule has 2 rings (SSSR count). The van der Waals surface area contributed by atoms with Crippen LogP contribution in [-0.4, -0.2) is 14.2 Å². The zero-order valence-corrected chi connectivity index (χ0v) is 11.9. The van der Waals surface area contributed by atoms with Gasteiger partial charge in [-0.05, 0) is 56.2 Å². The Hall–Kier alpha value is -0.870. The fourth-order valence-corrected chi connectivity index (χ4v) is 3.28. The summed E-state index contributed by atoms with van der Waals surface area (Å²) in [5, 5.41) is 0. The molecule has 1 unspecified atom stereocenters. The molecule has 0 heterocycles. The summed E-state index contributed by atoms with van der Waals surface area (Å²) in [4.78, 5) is 0.